The predicted molar refractivity (Wildman–Crippen MR) is 366 cm³/mol. The van der Waals surface area contributed by atoms with Gasteiger partial charge in [0.15, 0.2) is 12.6 Å². The number of hydrogen-bond acceptors (Lipinski definition) is 13. The molecule has 2 unspecified atom stereocenters. The summed E-state index contributed by atoms with van der Waals surface area (Å²) in [7, 11) is -0.832. The number of nitrogens with one attached hydrogen (secondary N) is 1. The Labute approximate surface area is 557 Å². The fourth-order valence-electron chi connectivity index (χ4n) is 16.5. The Morgan fingerprint density at radius 1 is 0.798 bits per heavy atom. The summed E-state index contributed by atoms with van der Waals surface area (Å²) in [5.41, 5.74) is 6.61. The van der Waals surface area contributed by atoms with Gasteiger partial charge < -0.3 is 38.5 Å². The number of anilines is 2. The van der Waals surface area contributed by atoms with Gasteiger partial charge in [0.1, 0.15) is 36.6 Å². The number of piperidine rings is 1. The van der Waals surface area contributed by atoms with E-state index in [2.05, 4.69) is 68.1 Å². The average Bonchev–Trinajstić information content (AvgIpc) is 1.07. The van der Waals surface area contributed by atoms with E-state index in [0.29, 0.717) is 120 Å². The molecule has 2 saturated carbocycles. The molecule has 17 nitrogen and oxygen atoms in total. The minimum absolute atomic E-state index is 0.0351. The highest BCUT2D eigenvalue weighted by molar-refractivity contribution is 6.90. The van der Waals surface area contributed by atoms with Crippen molar-refractivity contribution in [1.82, 2.24) is 34.9 Å². The number of piperazine rings is 2. The van der Waals surface area contributed by atoms with E-state index < -0.39 is 37.8 Å². The summed E-state index contributed by atoms with van der Waals surface area (Å²) in [6.07, 6.45) is 8.40. The van der Waals surface area contributed by atoms with E-state index in [4.69, 9.17) is 28.9 Å². The van der Waals surface area contributed by atoms with E-state index in [9.17, 15) is 21.9 Å². The van der Waals surface area contributed by atoms with Gasteiger partial charge in [0.05, 0.1) is 24.3 Å². The highest BCUT2D eigenvalue weighted by Crippen LogP contribution is 2.50. The zero-order valence-electron chi connectivity index (χ0n) is 59.0. The molecule has 2 bridgehead atoms. The van der Waals surface area contributed by atoms with Gasteiger partial charge in [-0.2, -0.15) is 9.97 Å². The van der Waals surface area contributed by atoms with Gasteiger partial charge in [0.2, 0.25) is 5.91 Å². The minimum atomic E-state index is -2.36. The molecule has 5 aromatic rings. The Bertz CT molecular complexity index is 3830. The number of aryl methyl sites for hydroxylation is 1. The van der Waals surface area contributed by atoms with Crippen molar-refractivity contribution in [1.29, 1.82) is 0 Å². The third-order valence-corrected chi connectivity index (χ3v) is 28.1. The largest absolute Gasteiger partial charge is 0.468 e. The fraction of sp³-hybridized carbons (Fsp3) is 0.595. The standard InChI is InChI=1S/C74H97F2N9O8Si/c1-47(2)94(48(3)4,49(5)6)37-23-58-61(75)19-14-52-38-56(92-46-90-11)40-60(64(52)58)57-17-18-59-66(65(57)76)78-69(79-67(59)83-42-54-15-16-55(43-83)85(54)71(89)93-72(8,9)10)91-45-74(26-27-74)44-81-35-33-80(34-36-81)41-51-20-24-73(25-21-51)28-31-82(32-29-73)68(87)53-13-12-50(7)62(39-53)84-30-22-63(86)77-70(84)88/h12-14,17-19,38-40,47-49,51,54-55H,15-16,20-22,24-36,41-46H2,1-11H3,(H,77,86,88)/i41D2. The predicted octanol–water partition coefficient (Wildman–Crippen LogP) is 13.5. The number of hydrogen-bond donors (Lipinski definition) is 1. The first-order valence-corrected chi connectivity index (χ1v) is 36.6. The van der Waals surface area contributed by atoms with Gasteiger partial charge in [-0.25, -0.2) is 18.4 Å². The average molecular weight is 1310 g/mol. The number of fused-ring (bicyclic) bond motifs is 4. The molecule has 4 aromatic carbocycles. The van der Waals surface area contributed by atoms with Crippen molar-refractivity contribution in [3.8, 4) is 34.4 Å². The van der Waals surface area contributed by atoms with Crippen LogP contribution in [0.15, 0.2) is 54.6 Å². The second-order valence-electron chi connectivity index (χ2n) is 30.0. The molecular formula is C74H97F2N9O8Si. The van der Waals surface area contributed by atoms with Gasteiger partial charge >= 0.3 is 18.1 Å². The normalized spacial score (nSPS) is 21.7. The van der Waals surface area contributed by atoms with Crippen LogP contribution in [0.25, 0.3) is 32.8 Å². The van der Waals surface area contributed by atoms with Crippen molar-refractivity contribution in [3.05, 3.63) is 82.9 Å². The molecule has 7 fully saturated rings. The number of benzene rings is 4. The van der Waals surface area contributed by atoms with Crippen molar-refractivity contribution in [3.63, 3.8) is 0 Å². The number of carbonyl (C=O) groups is 4. The number of methoxy groups -OCH3 is 1. The van der Waals surface area contributed by atoms with Crippen LogP contribution >= 0.6 is 0 Å². The number of rotatable bonds is 17. The summed E-state index contributed by atoms with van der Waals surface area (Å²) >= 11 is 0. The number of amides is 5. The van der Waals surface area contributed by atoms with Crippen molar-refractivity contribution in [2.75, 3.05) is 102 Å². The number of aromatic nitrogens is 2. The Kier molecular flexibility index (Phi) is 18.5. The van der Waals surface area contributed by atoms with Gasteiger partial charge in [-0.15, -0.1) is 5.54 Å². The number of imide groups is 1. The molecule has 1 spiro atoms. The van der Waals surface area contributed by atoms with E-state index in [1.54, 1.807) is 24.3 Å². The molecule has 1 aromatic heterocycles. The van der Waals surface area contributed by atoms with E-state index in [-0.39, 0.29) is 89.2 Å². The van der Waals surface area contributed by atoms with Crippen molar-refractivity contribution in [2.45, 2.75) is 174 Å². The first-order chi connectivity index (χ1) is 45.6. The highest BCUT2D eigenvalue weighted by atomic mass is 28.3. The summed E-state index contributed by atoms with van der Waals surface area (Å²) in [5.74, 6) is 2.70. The quantitative estimate of drug-likeness (QED) is 0.0532. The van der Waals surface area contributed by atoms with E-state index in [1.165, 1.54) is 18.1 Å². The monoisotopic (exact) mass is 1310 g/mol. The molecule has 7 aliphatic rings. The summed E-state index contributed by atoms with van der Waals surface area (Å²) in [5, 5.41) is 3.95. The SMILES string of the molecule is [2H]C([2H])(C1CCC2(CC1)CCN(C(=O)c1ccc(C)c(N3CCC(=O)NC3=O)c1)CC2)N1CCN(CC2(COc3nc(N4CC5CCC(C4)N5C(=O)OC(C)(C)C)c4ccc(-c5cc(OCOC)cc6ccc(F)c(C#C[Si](C(C)C)(C(C)C)C(C)C)c56)c(F)c4n3)CC2)CC1. The third kappa shape index (κ3) is 13.8. The van der Waals surface area contributed by atoms with Gasteiger partial charge in [0.25, 0.3) is 5.91 Å². The number of halogens is 2. The van der Waals surface area contributed by atoms with Gasteiger partial charge in [0, 0.05) is 121 Å². The molecule has 6 heterocycles. The van der Waals surface area contributed by atoms with Crippen LogP contribution < -0.4 is 24.6 Å². The second-order valence-corrected chi connectivity index (χ2v) is 35.6. The molecule has 12 rings (SSSR count). The first-order valence-electron chi connectivity index (χ1n) is 35.4. The number of likely N-dealkylation sites (tertiary alicyclic amines) is 1. The molecule has 1 N–H and O–H groups in total. The zero-order chi connectivity index (χ0) is 68.4. The molecule has 0 radical (unpaired) electrons. The van der Waals surface area contributed by atoms with E-state index in [1.807, 2.05) is 66.7 Å². The van der Waals surface area contributed by atoms with Crippen molar-refractivity contribution < 1.29 is 49.6 Å². The fourth-order valence-corrected chi connectivity index (χ4v) is 21.7. The molecule has 94 heavy (non-hydrogen) atoms. The van der Waals surface area contributed by atoms with Gasteiger partial charge in [-0.05, 0) is 173 Å². The lowest BCUT2D eigenvalue weighted by molar-refractivity contribution is -0.120. The lowest BCUT2D eigenvalue weighted by atomic mass is 9.65. The maximum atomic E-state index is 18.4. The third-order valence-electron chi connectivity index (χ3n) is 21.8. The van der Waals surface area contributed by atoms with Crippen LogP contribution in [0.3, 0.4) is 0 Å². The summed E-state index contributed by atoms with van der Waals surface area (Å²) < 4.78 is 78.2. The van der Waals surface area contributed by atoms with Gasteiger partial charge in [-0.3, -0.25) is 24.7 Å². The van der Waals surface area contributed by atoms with Crippen LogP contribution in [0.4, 0.5) is 29.9 Å². The molecule has 2 atom stereocenters. The Morgan fingerprint density at radius 2 is 1.48 bits per heavy atom. The van der Waals surface area contributed by atoms with Crippen molar-refractivity contribution >= 4 is 65.2 Å². The Balaban J connectivity index is 0.750. The van der Waals surface area contributed by atoms with Crippen LogP contribution in [0.5, 0.6) is 11.8 Å². The maximum Gasteiger partial charge on any atom is 0.410 e. The summed E-state index contributed by atoms with van der Waals surface area (Å²) in [4.78, 5) is 74.1. The molecule has 2 aliphatic carbocycles. The van der Waals surface area contributed by atoms with Crippen LogP contribution in [0.1, 0.15) is 157 Å². The molecule has 5 aliphatic heterocycles. The number of carbonyl (C=O) groups excluding carboxylic acids is 4. The molecule has 504 valence electrons. The second kappa shape index (κ2) is 26.9. The van der Waals surface area contributed by atoms with E-state index in [0.717, 1.165) is 76.3 Å². The first kappa shape index (κ1) is 64.4. The molecular weight excluding hydrogens is 1210 g/mol. The van der Waals surface area contributed by atoms with Crippen LogP contribution in [0, 0.1) is 46.8 Å². The smallest absolute Gasteiger partial charge is 0.410 e. The molecule has 5 amide bonds. The number of nitrogens with zero attached hydrogens (tertiary/aromatic N) is 8. The van der Waals surface area contributed by atoms with Crippen LogP contribution in [-0.2, 0) is 14.3 Å². The highest BCUT2D eigenvalue weighted by Gasteiger charge is 2.48. The molecule has 20 heteroatoms. The lowest BCUT2D eigenvalue weighted by Crippen LogP contribution is -2.57. The van der Waals surface area contributed by atoms with Gasteiger partial charge in [-0.1, -0.05) is 65.7 Å². The Hall–Kier alpha value is -6.92. The zero-order valence-corrected chi connectivity index (χ0v) is 58.0. The Morgan fingerprint density at radius 3 is 2.12 bits per heavy atom. The van der Waals surface area contributed by atoms with Crippen molar-refractivity contribution in [2.24, 2.45) is 16.7 Å². The maximum absolute atomic E-state index is 18.4. The topological polar surface area (TPSA) is 162 Å². The number of ether oxygens (including phenoxy) is 4. The summed E-state index contributed by atoms with van der Waals surface area (Å²) in [6.45, 7) is 25.3. The molecule has 5 saturated heterocycles. The number of urea groups is 1. The van der Waals surface area contributed by atoms with E-state index >= 15 is 8.78 Å². The summed E-state index contributed by atoms with van der Waals surface area (Å²) in [6, 6.07) is 14.9. The van der Waals surface area contributed by atoms with Crippen LogP contribution in [0.2, 0.25) is 16.6 Å². The lowest BCUT2D eigenvalue weighted by Gasteiger charge is -2.47. The minimum Gasteiger partial charge on any atom is -0.468 e. The van der Waals surface area contributed by atoms with Crippen LogP contribution in [-0.4, -0.2) is 172 Å².